The van der Waals surface area contributed by atoms with Gasteiger partial charge >= 0.3 is 36.4 Å². The van der Waals surface area contributed by atoms with E-state index in [1.165, 1.54) is 11.3 Å². The van der Waals surface area contributed by atoms with E-state index < -0.39 is 36.4 Å². The van der Waals surface area contributed by atoms with Crippen molar-refractivity contribution in [3.8, 4) is 5.75 Å². The third-order valence-corrected chi connectivity index (χ3v) is 6.17. The number of rotatable bonds is 4. The van der Waals surface area contributed by atoms with Gasteiger partial charge in [0.2, 0.25) is 0 Å². The van der Waals surface area contributed by atoms with Gasteiger partial charge in [-0.1, -0.05) is 12.1 Å². The number of hydrogen-bond donors (Lipinski definition) is 3. The van der Waals surface area contributed by atoms with Gasteiger partial charge in [-0.05, 0) is 42.7 Å². The highest BCUT2D eigenvalue weighted by Gasteiger charge is 2.41. The molecule has 0 saturated carbocycles. The Bertz CT molecular complexity index is 1220. The van der Waals surface area contributed by atoms with Crippen LogP contribution in [0.3, 0.4) is 0 Å². The lowest BCUT2D eigenvalue weighted by Gasteiger charge is -2.48. The largest absolute Gasteiger partial charge is 0.497 e. The molecule has 1 aromatic carbocycles. The number of aliphatic carboxylic acids is 3. The highest BCUT2D eigenvalue weighted by molar-refractivity contribution is 5.73. The summed E-state index contributed by atoms with van der Waals surface area (Å²) in [6.45, 7) is 5.75. The maximum Gasteiger partial charge on any atom is 0.490 e. The number of nitrogens with zero attached hydrogens (tertiary/aromatic N) is 3. The number of pyridine rings is 1. The second kappa shape index (κ2) is 17.5. The van der Waals surface area contributed by atoms with Crippen molar-refractivity contribution >= 4 is 23.6 Å². The number of aromatic nitrogens is 1. The smallest absolute Gasteiger partial charge is 0.490 e. The first-order chi connectivity index (χ1) is 21.6. The Morgan fingerprint density at radius 2 is 1.36 bits per heavy atom. The molecule has 11 nitrogen and oxygen atoms in total. The number of hydrogen-bond acceptors (Lipinski definition) is 8. The molecular formula is C27H30F9N3O8. The van der Waals surface area contributed by atoms with Crippen LogP contribution in [0.1, 0.15) is 18.4 Å². The quantitative estimate of drug-likeness (QED) is 0.377. The van der Waals surface area contributed by atoms with Crippen LogP contribution in [0.15, 0.2) is 48.8 Å². The summed E-state index contributed by atoms with van der Waals surface area (Å²) in [5, 5.41) is 21.4. The average molecular weight is 696 g/mol. The fourth-order valence-electron chi connectivity index (χ4n) is 4.15. The number of benzene rings is 1. The van der Waals surface area contributed by atoms with Gasteiger partial charge in [0.15, 0.2) is 0 Å². The lowest BCUT2D eigenvalue weighted by atomic mass is 9.90. The van der Waals surface area contributed by atoms with Crippen molar-refractivity contribution in [1.29, 1.82) is 0 Å². The number of carboxylic acids is 3. The molecule has 264 valence electrons. The molecule has 3 N–H and O–H groups in total. The average Bonchev–Trinajstić information content (AvgIpc) is 2.98. The summed E-state index contributed by atoms with van der Waals surface area (Å²) in [6, 6.07) is 12.5. The van der Waals surface area contributed by atoms with E-state index in [0.29, 0.717) is 0 Å². The Morgan fingerprint density at radius 1 is 0.851 bits per heavy atom. The van der Waals surface area contributed by atoms with E-state index in [9.17, 15) is 39.5 Å². The fourth-order valence-corrected chi connectivity index (χ4v) is 4.15. The second-order valence-corrected chi connectivity index (χ2v) is 9.74. The summed E-state index contributed by atoms with van der Waals surface area (Å²) in [4.78, 5) is 35.9. The van der Waals surface area contributed by atoms with E-state index >= 15 is 0 Å². The van der Waals surface area contributed by atoms with Crippen molar-refractivity contribution in [1.82, 2.24) is 9.88 Å². The first-order valence-corrected chi connectivity index (χ1v) is 13.1. The molecule has 2 fully saturated rings. The first kappa shape index (κ1) is 40.7. The van der Waals surface area contributed by atoms with Crippen LogP contribution in [0.5, 0.6) is 5.75 Å². The van der Waals surface area contributed by atoms with Crippen molar-refractivity contribution in [2.75, 3.05) is 44.8 Å². The number of halogens is 9. The highest BCUT2D eigenvalue weighted by Crippen LogP contribution is 2.32. The van der Waals surface area contributed by atoms with Crippen molar-refractivity contribution in [3.63, 3.8) is 0 Å². The first-order valence-electron chi connectivity index (χ1n) is 13.1. The molecular weight excluding hydrogens is 665 g/mol. The monoisotopic (exact) mass is 695 g/mol. The predicted molar refractivity (Wildman–Crippen MR) is 144 cm³/mol. The van der Waals surface area contributed by atoms with Crippen LogP contribution in [0.4, 0.5) is 45.2 Å². The van der Waals surface area contributed by atoms with Crippen LogP contribution in [-0.4, -0.2) is 107 Å². The van der Waals surface area contributed by atoms with E-state index in [1.54, 1.807) is 7.11 Å². The van der Waals surface area contributed by atoms with Crippen LogP contribution in [-0.2, 0) is 25.7 Å². The number of ether oxygens (including phenoxy) is 2. The molecule has 20 heteroatoms. The van der Waals surface area contributed by atoms with E-state index in [1.807, 2.05) is 30.6 Å². The lowest BCUT2D eigenvalue weighted by molar-refractivity contribution is -0.193. The molecule has 0 radical (unpaired) electrons. The van der Waals surface area contributed by atoms with Gasteiger partial charge in [0.1, 0.15) is 5.75 Å². The van der Waals surface area contributed by atoms with E-state index in [2.05, 4.69) is 33.0 Å². The van der Waals surface area contributed by atoms with Crippen molar-refractivity contribution in [3.05, 3.63) is 54.4 Å². The minimum absolute atomic E-state index is 0.0706. The van der Waals surface area contributed by atoms with Crippen LogP contribution in [0, 0.1) is 0 Å². The summed E-state index contributed by atoms with van der Waals surface area (Å²) in [5.74, 6) is -7.36. The summed E-state index contributed by atoms with van der Waals surface area (Å²) >= 11 is 0. The topological polar surface area (TPSA) is 150 Å². The van der Waals surface area contributed by atoms with Crippen molar-refractivity contribution in [2.24, 2.45) is 0 Å². The molecule has 0 amide bonds. The van der Waals surface area contributed by atoms with Crippen molar-refractivity contribution < 1.29 is 78.7 Å². The standard InChI is InChI=1S/C21H27N3O2.3C2HF3O2/c1-25-20-7-5-18(6-8-20)15-23-12-13-26-21(16-23)9-3-11-24(17-21)19-4-2-10-22-14-19;3*3-2(4,5)1(6)7/h2,4-8,10,14H,3,9,11-13,15-17H2,1H3;3*(H,6,7). The van der Waals surface area contributed by atoms with Crippen molar-refractivity contribution in [2.45, 2.75) is 43.5 Å². The van der Waals surface area contributed by atoms with E-state index in [0.717, 1.165) is 57.9 Å². The molecule has 47 heavy (non-hydrogen) atoms. The minimum atomic E-state index is -5.08. The Balaban J connectivity index is 0.000000430. The molecule has 0 aliphatic carbocycles. The van der Waals surface area contributed by atoms with Gasteiger partial charge < -0.3 is 29.7 Å². The number of morpholine rings is 1. The third-order valence-electron chi connectivity index (χ3n) is 6.17. The zero-order valence-corrected chi connectivity index (χ0v) is 24.4. The zero-order valence-electron chi connectivity index (χ0n) is 24.4. The third kappa shape index (κ3) is 15.2. The number of alkyl halides is 9. The maximum atomic E-state index is 10.6. The van der Waals surface area contributed by atoms with Gasteiger partial charge in [0.25, 0.3) is 0 Å². The molecule has 3 heterocycles. The molecule has 4 rings (SSSR count). The molecule has 2 aliphatic rings. The highest BCUT2D eigenvalue weighted by atomic mass is 19.4. The number of anilines is 1. The molecule has 1 aromatic heterocycles. The predicted octanol–water partition coefficient (Wildman–Crippen LogP) is 4.86. The second-order valence-electron chi connectivity index (χ2n) is 9.74. The molecule has 1 unspecified atom stereocenters. The van der Waals surface area contributed by atoms with E-state index in [-0.39, 0.29) is 5.60 Å². The molecule has 2 aromatic rings. The number of methoxy groups -OCH3 is 1. The molecule has 2 saturated heterocycles. The van der Waals surface area contributed by atoms with Crippen LogP contribution >= 0.6 is 0 Å². The normalized spacial score (nSPS) is 18.3. The molecule has 1 spiro atoms. The van der Waals surface area contributed by atoms with Gasteiger partial charge in [0, 0.05) is 38.9 Å². The summed E-state index contributed by atoms with van der Waals surface area (Å²) in [5.41, 5.74) is 2.45. The summed E-state index contributed by atoms with van der Waals surface area (Å²) < 4.78 is 107. The van der Waals surface area contributed by atoms with Crippen LogP contribution in [0.2, 0.25) is 0 Å². The number of carbonyl (C=O) groups is 3. The Hall–Kier alpha value is -4.33. The Labute approximate surface area is 261 Å². The Morgan fingerprint density at radius 3 is 1.79 bits per heavy atom. The maximum absolute atomic E-state index is 10.6. The zero-order chi connectivity index (χ0) is 36.1. The van der Waals surface area contributed by atoms with E-state index in [4.69, 9.17) is 39.2 Å². The van der Waals surface area contributed by atoms with Gasteiger partial charge in [-0.15, -0.1) is 0 Å². The Kier molecular flexibility index (Phi) is 15.2. The van der Waals surface area contributed by atoms with Gasteiger partial charge in [-0.25, -0.2) is 14.4 Å². The van der Waals surface area contributed by atoms with Crippen LogP contribution < -0.4 is 9.64 Å². The van der Waals surface area contributed by atoms with Gasteiger partial charge in [0.05, 0.1) is 31.2 Å². The lowest BCUT2D eigenvalue weighted by Crippen LogP contribution is -2.59. The van der Waals surface area contributed by atoms with Gasteiger partial charge in [-0.3, -0.25) is 9.88 Å². The van der Waals surface area contributed by atoms with Gasteiger partial charge in [-0.2, -0.15) is 39.5 Å². The summed E-state index contributed by atoms with van der Waals surface area (Å²) in [7, 11) is 1.71. The number of carboxylic acid groups (broad SMARTS) is 3. The molecule has 2 aliphatic heterocycles. The fraction of sp³-hybridized carbons (Fsp3) is 0.481. The SMILES string of the molecule is COc1ccc(CN2CCOC3(CCCN(c4cccnc4)C3)C2)cc1.O=C(O)C(F)(F)F.O=C(O)C(F)(F)F.O=C(O)C(F)(F)F. The molecule has 1 atom stereocenters. The molecule has 0 bridgehead atoms. The summed E-state index contributed by atoms with van der Waals surface area (Å²) in [6.07, 6.45) is -9.18. The minimum Gasteiger partial charge on any atom is -0.497 e. The number of piperidine rings is 1. The van der Waals surface area contributed by atoms with Crippen LogP contribution in [0.25, 0.3) is 0 Å².